The fourth-order valence-corrected chi connectivity index (χ4v) is 3.65. The van der Waals surface area contributed by atoms with Crippen LogP contribution in [-0.2, 0) is 6.42 Å². The molecule has 6 nitrogen and oxygen atoms in total. The smallest absolute Gasteiger partial charge is 0.274 e. The molecule has 2 aromatic heterocycles. The molecule has 1 atom stereocenters. The Kier molecular flexibility index (Phi) is 5.28. The zero-order valence-electron chi connectivity index (χ0n) is 15.8. The van der Waals surface area contributed by atoms with E-state index in [0.29, 0.717) is 12.2 Å². The van der Waals surface area contributed by atoms with E-state index >= 15 is 0 Å². The number of benzene rings is 1. The van der Waals surface area contributed by atoms with Gasteiger partial charge in [0.05, 0.1) is 25.0 Å². The zero-order chi connectivity index (χ0) is 19.3. The number of hydrogen-bond donors (Lipinski definition) is 0. The van der Waals surface area contributed by atoms with E-state index in [2.05, 4.69) is 16.0 Å². The van der Waals surface area contributed by atoms with Gasteiger partial charge in [0.1, 0.15) is 11.4 Å². The van der Waals surface area contributed by atoms with Gasteiger partial charge >= 0.3 is 0 Å². The van der Waals surface area contributed by atoms with Gasteiger partial charge in [-0.2, -0.15) is 0 Å². The summed E-state index contributed by atoms with van der Waals surface area (Å²) >= 11 is 0. The Bertz CT molecular complexity index is 962. The van der Waals surface area contributed by atoms with E-state index in [9.17, 15) is 4.79 Å². The Morgan fingerprint density at radius 3 is 2.93 bits per heavy atom. The third-order valence-corrected chi connectivity index (χ3v) is 4.99. The van der Waals surface area contributed by atoms with E-state index in [1.54, 1.807) is 19.5 Å². The number of aromatic nitrogens is 3. The number of nitrogens with zero attached hydrogens (tertiary/aromatic N) is 4. The minimum atomic E-state index is -0.0874. The Balaban J connectivity index is 1.55. The van der Waals surface area contributed by atoms with E-state index in [-0.39, 0.29) is 11.9 Å². The monoisotopic (exact) mass is 374 g/mol. The molecule has 0 aliphatic carbocycles. The van der Waals surface area contributed by atoms with Crippen molar-refractivity contribution in [1.29, 1.82) is 0 Å². The van der Waals surface area contributed by atoms with Crippen LogP contribution in [0.4, 0.5) is 0 Å². The molecule has 3 aromatic rings. The van der Waals surface area contributed by atoms with Gasteiger partial charge in [-0.1, -0.05) is 18.2 Å². The standard InChI is InChI=1S/C22H22N4O2/c1-28-18-7-2-5-16(14-18)13-17-6-3-8-19(25-17)21-9-4-12-26(21)22(27)20-15-23-10-11-24-20/h2-3,5-8,10-11,14-15,21H,4,9,12-13H2,1H3. The summed E-state index contributed by atoms with van der Waals surface area (Å²) in [6, 6.07) is 14.0. The second-order valence-electron chi connectivity index (χ2n) is 6.83. The van der Waals surface area contributed by atoms with Crippen molar-refractivity contribution in [2.24, 2.45) is 0 Å². The maximum atomic E-state index is 12.9. The normalized spacial score (nSPS) is 16.2. The van der Waals surface area contributed by atoms with Crippen molar-refractivity contribution in [3.63, 3.8) is 0 Å². The Hall–Kier alpha value is -3.28. The van der Waals surface area contributed by atoms with Gasteiger partial charge in [-0.3, -0.25) is 14.8 Å². The first-order valence-electron chi connectivity index (χ1n) is 9.40. The maximum absolute atomic E-state index is 12.9. The van der Waals surface area contributed by atoms with Crippen LogP contribution in [0.2, 0.25) is 0 Å². The van der Waals surface area contributed by atoms with Crippen molar-refractivity contribution in [3.8, 4) is 5.75 Å². The maximum Gasteiger partial charge on any atom is 0.274 e. The third-order valence-electron chi connectivity index (χ3n) is 4.99. The average Bonchev–Trinajstić information content (AvgIpc) is 3.24. The minimum absolute atomic E-state index is 0.0280. The first-order valence-corrected chi connectivity index (χ1v) is 9.40. The number of amides is 1. The fraction of sp³-hybridized carbons (Fsp3) is 0.273. The first kappa shape index (κ1) is 18.1. The predicted molar refractivity (Wildman–Crippen MR) is 105 cm³/mol. The molecule has 0 spiro atoms. The summed E-state index contributed by atoms with van der Waals surface area (Å²) in [6.07, 6.45) is 7.22. The highest BCUT2D eigenvalue weighted by atomic mass is 16.5. The number of ether oxygens (including phenoxy) is 1. The van der Waals surface area contributed by atoms with Crippen molar-refractivity contribution < 1.29 is 9.53 Å². The van der Waals surface area contributed by atoms with Crippen LogP contribution in [0.15, 0.2) is 61.1 Å². The quantitative estimate of drug-likeness (QED) is 0.684. The number of rotatable bonds is 5. The molecule has 6 heteroatoms. The van der Waals surface area contributed by atoms with Gasteiger partial charge in [0.2, 0.25) is 0 Å². The lowest BCUT2D eigenvalue weighted by atomic mass is 10.1. The molecule has 1 aromatic carbocycles. The molecule has 1 saturated heterocycles. The predicted octanol–water partition coefficient (Wildman–Crippen LogP) is 3.45. The Labute approximate surface area is 164 Å². The van der Waals surface area contributed by atoms with Gasteiger partial charge in [0.15, 0.2) is 0 Å². The van der Waals surface area contributed by atoms with E-state index in [1.807, 2.05) is 41.3 Å². The zero-order valence-corrected chi connectivity index (χ0v) is 15.8. The first-order chi connectivity index (χ1) is 13.7. The van der Waals surface area contributed by atoms with Crippen LogP contribution in [0.1, 0.15) is 46.3 Å². The van der Waals surface area contributed by atoms with Crippen molar-refractivity contribution in [2.45, 2.75) is 25.3 Å². The van der Waals surface area contributed by atoms with Crippen LogP contribution in [0.5, 0.6) is 5.75 Å². The summed E-state index contributed by atoms with van der Waals surface area (Å²) in [7, 11) is 1.67. The highest BCUT2D eigenvalue weighted by Gasteiger charge is 2.32. The molecule has 142 valence electrons. The molecule has 1 fully saturated rings. The van der Waals surface area contributed by atoms with Gasteiger partial charge < -0.3 is 9.64 Å². The van der Waals surface area contributed by atoms with Crippen molar-refractivity contribution in [3.05, 3.63) is 83.7 Å². The summed E-state index contributed by atoms with van der Waals surface area (Å²) in [5, 5.41) is 0. The summed E-state index contributed by atoms with van der Waals surface area (Å²) in [6.45, 7) is 0.710. The topological polar surface area (TPSA) is 68.2 Å². The number of carbonyl (C=O) groups excluding carboxylic acids is 1. The van der Waals surface area contributed by atoms with Crippen LogP contribution < -0.4 is 4.74 Å². The van der Waals surface area contributed by atoms with E-state index < -0.39 is 0 Å². The molecule has 0 N–H and O–H groups in total. The van der Waals surface area contributed by atoms with Crippen LogP contribution in [-0.4, -0.2) is 39.4 Å². The molecule has 4 rings (SSSR count). The number of pyridine rings is 1. The summed E-state index contributed by atoms with van der Waals surface area (Å²) in [4.78, 5) is 27.8. The molecule has 1 aliphatic rings. The molecular weight excluding hydrogens is 352 g/mol. The molecular formula is C22H22N4O2. The van der Waals surface area contributed by atoms with Gasteiger partial charge in [0.25, 0.3) is 5.91 Å². The number of methoxy groups -OCH3 is 1. The highest BCUT2D eigenvalue weighted by Crippen LogP contribution is 2.32. The van der Waals surface area contributed by atoms with Crippen molar-refractivity contribution in [1.82, 2.24) is 19.9 Å². The molecule has 0 radical (unpaired) electrons. The van der Waals surface area contributed by atoms with Crippen molar-refractivity contribution in [2.75, 3.05) is 13.7 Å². The van der Waals surface area contributed by atoms with Gasteiger partial charge in [-0.05, 0) is 42.7 Å². The number of carbonyl (C=O) groups is 1. The summed E-state index contributed by atoms with van der Waals surface area (Å²) < 4.78 is 5.30. The molecule has 0 saturated carbocycles. The van der Waals surface area contributed by atoms with Crippen molar-refractivity contribution >= 4 is 5.91 Å². The lowest BCUT2D eigenvalue weighted by Gasteiger charge is -2.24. The highest BCUT2D eigenvalue weighted by molar-refractivity contribution is 5.92. The number of likely N-dealkylation sites (tertiary alicyclic amines) is 1. The third kappa shape index (κ3) is 3.86. The van der Waals surface area contributed by atoms with Gasteiger partial charge in [-0.25, -0.2) is 4.98 Å². The number of hydrogen-bond acceptors (Lipinski definition) is 5. The minimum Gasteiger partial charge on any atom is -0.497 e. The molecule has 1 unspecified atom stereocenters. The molecule has 3 heterocycles. The second kappa shape index (κ2) is 8.17. The summed E-state index contributed by atoms with van der Waals surface area (Å²) in [5.41, 5.74) is 3.42. The van der Waals surface area contributed by atoms with Gasteiger partial charge in [0, 0.05) is 31.1 Å². The molecule has 28 heavy (non-hydrogen) atoms. The average molecular weight is 374 g/mol. The van der Waals surface area contributed by atoms with Gasteiger partial charge in [-0.15, -0.1) is 0 Å². The van der Waals surface area contributed by atoms with Crippen LogP contribution in [0.3, 0.4) is 0 Å². The molecule has 1 amide bonds. The van der Waals surface area contributed by atoms with E-state index in [1.165, 1.54) is 6.20 Å². The Morgan fingerprint density at radius 2 is 2.11 bits per heavy atom. The summed E-state index contributed by atoms with van der Waals surface area (Å²) in [5.74, 6) is 0.751. The SMILES string of the molecule is COc1cccc(Cc2cccc(C3CCCN3C(=O)c3cnccn3)n2)c1. The molecule has 0 bridgehead atoms. The van der Waals surface area contributed by atoms with Crippen LogP contribution in [0.25, 0.3) is 0 Å². The lowest BCUT2D eigenvalue weighted by Crippen LogP contribution is -2.31. The van der Waals surface area contributed by atoms with E-state index in [4.69, 9.17) is 9.72 Å². The van der Waals surface area contributed by atoms with Crippen LogP contribution >= 0.6 is 0 Å². The molecule has 1 aliphatic heterocycles. The lowest BCUT2D eigenvalue weighted by molar-refractivity contribution is 0.0726. The largest absolute Gasteiger partial charge is 0.497 e. The van der Waals surface area contributed by atoms with E-state index in [0.717, 1.165) is 42.0 Å². The second-order valence-corrected chi connectivity index (χ2v) is 6.83. The Morgan fingerprint density at radius 1 is 1.21 bits per heavy atom. The van der Waals surface area contributed by atoms with Crippen LogP contribution in [0, 0.1) is 0 Å². The fourth-order valence-electron chi connectivity index (χ4n) is 3.65.